The van der Waals surface area contributed by atoms with Crippen molar-refractivity contribution in [3.8, 4) is 5.75 Å². The monoisotopic (exact) mass is 594 g/mol. The lowest BCUT2D eigenvalue weighted by Gasteiger charge is -2.33. The van der Waals surface area contributed by atoms with Crippen molar-refractivity contribution in [2.75, 3.05) is 0 Å². The second-order valence-electron chi connectivity index (χ2n) is 11.1. The van der Waals surface area contributed by atoms with Crippen LogP contribution in [0.1, 0.15) is 64.9 Å². The highest BCUT2D eigenvalue weighted by Gasteiger charge is 2.33. The van der Waals surface area contributed by atoms with Gasteiger partial charge in [0, 0.05) is 16.7 Å². The molecule has 2 aromatic carbocycles. The highest BCUT2D eigenvalue weighted by atomic mass is 35.5. The molecule has 4 aromatic rings. The molecule has 5 rings (SSSR count). The van der Waals surface area contributed by atoms with Gasteiger partial charge in [0.2, 0.25) is 0 Å². The zero-order valence-corrected chi connectivity index (χ0v) is 25.1. The topological polar surface area (TPSA) is 63.8 Å². The van der Waals surface area contributed by atoms with Crippen LogP contribution in [0.5, 0.6) is 5.75 Å². The number of ether oxygens (including phenoxy) is 1. The summed E-state index contributed by atoms with van der Waals surface area (Å²) in [5.41, 5.74) is 3.74. The van der Waals surface area contributed by atoms with Gasteiger partial charge in [-0.15, -0.1) is 11.3 Å². The number of thiophene rings is 1. The van der Waals surface area contributed by atoms with Gasteiger partial charge in [-0.2, -0.15) is 0 Å². The van der Waals surface area contributed by atoms with Gasteiger partial charge in [0.15, 0.2) is 0 Å². The molecule has 208 valence electrons. The minimum Gasteiger partial charge on any atom is -0.488 e. The first-order valence-electron chi connectivity index (χ1n) is 13.3. The van der Waals surface area contributed by atoms with Crippen LogP contribution < -0.4 is 10.1 Å². The Hall–Kier alpha value is -3.06. The third kappa shape index (κ3) is 6.63. The SMILES string of the molecule is CC(C)(C)[C@H]1CCc2c(sc(N=Cc3ccccc3OCc3ccc(Cl)c(Cl)c3)c2C(=O)NCc2ccco2)C1. The molecule has 0 saturated carbocycles. The van der Waals surface area contributed by atoms with E-state index in [0.29, 0.717) is 46.2 Å². The molecule has 5 nitrogen and oxygen atoms in total. The van der Waals surface area contributed by atoms with E-state index in [1.54, 1.807) is 35.9 Å². The lowest BCUT2D eigenvalue weighted by Crippen LogP contribution is -2.28. The second-order valence-corrected chi connectivity index (χ2v) is 13.0. The molecule has 1 aliphatic rings. The number of carbonyl (C=O) groups excluding carboxylic acids is 1. The fourth-order valence-electron chi connectivity index (χ4n) is 4.94. The van der Waals surface area contributed by atoms with Gasteiger partial charge in [-0.05, 0) is 78.1 Å². The molecule has 1 atom stereocenters. The summed E-state index contributed by atoms with van der Waals surface area (Å²) >= 11 is 13.8. The molecule has 0 saturated heterocycles. The van der Waals surface area contributed by atoms with Gasteiger partial charge in [0.05, 0.1) is 28.4 Å². The summed E-state index contributed by atoms with van der Waals surface area (Å²) in [7, 11) is 0. The molecule has 0 aliphatic heterocycles. The standard InChI is InChI=1S/C32H32Cl2N2O3S/c1-32(2,3)22-11-12-24-28(16-22)40-31(29(24)30(37)35-18-23-8-6-14-38-23)36-17-21-7-4-5-9-27(21)39-19-20-10-13-25(33)26(34)15-20/h4-10,13-15,17,22H,11-12,16,18-19H2,1-3H3,(H,35,37)/t22-/m0/s1. The van der Waals surface area contributed by atoms with Crippen molar-refractivity contribution < 1.29 is 13.9 Å². The lowest BCUT2D eigenvalue weighted by atomic mass is 9.72. The third-order valence-corrected chi connectivity index (χ3v) is 9.22. The van der Waals surface area contributed by atoms with Crippen LogP contribution in [0.15, 0.2) is 70.3 Å². The fourth-order valence-corrected chi connectivity index (χ4v) is 6.53. The maximum atomic E-state index is 13.5. The maximum Gasteiger partial charge on any atom is 0.255 e. The zero-order valence-electron chi connectivity index (χ0n) is 22.8. The second kappa shape index (κ2) is 12.2. The number of furan rings is 1. The summed E-state index contributed by atoms with van der Waals surface area (Å²) in [5.74, 6) is 1.84. The molecule has 1 N–H and O–H groups in total. The van der Waals surface area contributed by atoms with Crippen molar-refractivity contribution in [3.05, 3.63) is 104 Å². The number of rotatable bonds is 8. The molecule has 2 heterocycles. The summed E-state index contributed by atoms with van der Waals surface area (Å²) in [6, 6.07) is 16.8. The highest BCUT2D eigenvalue weighted by molar-refractivity contribution is 7.16. The van der Waals surface area contributed by atoms with Gasteiger partial charge in [0.1, 0.15) is 23.1 Å². The molecule has 1 amide bonds. The molecule has 0 unspecified atom stereocenters. The van der Waals surface area contributed by atoms with E-state index in [0.717, 1.165) is 41.0 Å². The Bertz CT molecular complexity index is 1520. The number of hydrogen-bond donors (Lipinski definition) is 1. The molecule has 0 fully saturated rings. The maximum absolute atomic E-state index is 13.5. The summed E-state index contributed by atoms with van der Waals surface area (Å²) in [6.07, 6.45) is 6.28. The Morgan fingerprint density at radius 3 is 2.73 bits per heavy atom. The quantitative estimate of drug-likeness (QED) is 0.207. The number of carbonyl (C=O) groups is 1. The molecule has 40 heavy (non-hydrogen) atoms. The Morgan fingerprint density at radius 1 is 1.15 bits per heavy atom. The minimum absolute atomic E-state index is 0.126. The number of fused-ring (bicyclic) bond motifs is 1. The van der Waals surface area contributed by atoms with Crippen LogP contribution in [0.2, 0.25) is 10.0 Å². The number of aliphatic imine (C=N–C) groups is 1. The van der Waals surface area contributed by atoms with Crippen LogP contribution in [0, 0.1) is 11.3 Å². The number of benzene rings is 2. The highest BCUT2D eigenvalue weighted by Crippen LogP contribution is 2.45. The van der Waals surface area contributed by atoms with Crippen molar-refractivity contribution in [2.24, 2.45) is 16.3 Å². The number of nitrogens with zero attached hydrogens (tertiary/aromatic N) is 1. The van der Waals surface area contributed by atoms with Gasteiger partial charge in [-0.3, -0.25) is 4.79 Å². The first kappa shape index (κ1) is 28.5. The van der Waals surface area contributed by atoms with Crippen molar-refractivity contribution in [1.82, 2.24) is 5.32 Å². The lowest BCUT2D eigenvalue weighted by molar-refractivity contribution is 0.0947. The third-order valence-electron chi connectivity index (χ3n) is 7.32. The predicted molar refractivity (Wildman–Crippen MR) is 164 cm³/mol. The van der Waals surface area contributed by atoms with Crippen LogP contribution in [0.3, 0.4) is 0 Å². The van der Waals surface area contributed by atoms with Crippen molar-refractivity contribution in [2.45, 2.75) is 53.2 Å². The molecule has 1 aliphatic carbocycles. The van der Waals surface area contributed by atoms with Crippen LogP contribution in [-0.4, -0.2) is 12.1 Å². The van der Waals surface area contributed by atoms with Gasteiger partial charge < -0.3 is 14.5 Å². The zero-order chi connectivity index (χ0) is 28.3. The number of nitrogens with one attached hydrogen (secondary N) is 1. The van der Waals surface area contributed by atoms with Crippen molar-refractivity contribution in [3.63, 3.8) is 0 Å². The van der Waals surface area contributed by atoms with Crippen LogP contribution in [0.4, 0.5) is 5.00 Å². The molecular formula is C32H32Cl2N2O3S. The molecular weight excluding hydrogens is 563 g/mol. The normalized spacial score (nSPS) is 15.3. The van der Waals surface area contributed by atoms with Gasteiger partial charge in [-0.1, -0.05) is 62.2 Å². The van der Waals surface area contributed by atoms with E-state index >= 15 is 0 Å². The van der Waals surface area contributed by atoms with Crippen LogP contribution in [-0.2, 0) is 26.0 Å². The molecule has 2 aromatic heterocycles. The van der Waals surface area contributed by atoms with E-state index in [9.17, 15) is 4.79 Å². The van der Waals surface area contributed by atoms with E-state index in [2.05, 4.69) is 26.1 Å². The van der Waals surface area contributed by atoms with Crippen LogP contribution >= 0.6 is 34.5 Å². The minimum atomic E-state index is -0.126. The largest absolute Gasteiger partial charge is 0.488 e. The summed E-state index contributed by atoms with van der Waals surface area (Å²) in [4.78, 5) is 19.6. The molecule has 0 spiro atoms. The summed E-state index contributed by atoms with van der Waals surface area (Å²) < 4.78 is 11.5. The summed E-state index contributed by atoms with van der Waals surface area (Å²) in [5, 5.41) is 4.75. The van der Waals surface area contributed by atoms with E-state index < -0.39 is 0 Å². The first-order chi connectivity index (χ1) is 19.2. The smallest absolute Gasteiger partial charge is 0.255 e. The van der Waals surface area contributed by atoms with Crippen LogP contribution in [0.25, 0.3) is 0 Å². The number of halogens is 2. The number of amides is 1. The van der Waals surface area contributed by atoms with E-state index in [1.807, 2.05) is 42.5 Å². The Balaban J connectivity index is 1.41. The average Bonchev–Trinajstić information content (AvgIpc) is 3.58. The Morgan fingerprint density at radius 2 is 1.98 bits per heavy atom. The number of hydrogen-bond acceptors (Lipinski definition) is 5. The Labute approximate surface area is 249 Å². The number of para-hydroxylation sites is 1. The average molecular weight is 596 g/mol. The molecule has 8 heteroatoms. The predicted octanol–water partition coefficient (Wildman–Crippen LogP) is 9.06. The molecule has 0 bridgehead atoms. The van der Waals surface area contributed by atoms with E-state index in [-0.39, 0.29) is 11.3 Å². The summed E-state index contributed by atoms with van der Waals surface area (Å²) in [6.45, 7) is 7.54. The van der Waals surface area contributed by atoms with E-state index in [1.165, 1.54) is 4.88 Å². The van der Waals surface area contributed by atoms with E-state index in [4.69, 9.17) is 37.3 Å². The fraction of sp³-hybridized carbons (Fsp3) is 0.312. The Kier molecular flexibility index (Phi) is 8.69. The molecule has 0 radical (unpaired) electrons. The van der Waals surface area contributed by atoms with Gasteiger partial charge in [-0.25, -0.2) is 4.99 Å². The van der Waals surface area contributed by atoms with Gasteiger partial charge >= 0.3 is 0 Å². The van der Waals surface area contributed by atoms with Crippen molar-refractivity contribution in [1.29, 1.82) is 0 Å². The van der Waals surface area contributed by atoms with Gasteiger partial charge in [0.25, 0.3) is 5.91 Å². The van der Waals surface area contributed by atoms with Crippen molar-refractivity contribution >= 4 is 51.7 Å². The first-order valence-corrected chi connectivity index (χ1v) is 14.9.